The first-order valence-electron chi connectivity index (χ1n) is 11.9. The minimum absolute atomic E-state index is 0.0747. The van der Waals surface area contributed by atoms with Gasteiger partial charge in [-0.2, -0.15) is 0 Å². The Kier molecular flexibility index (Phi) is 7.14. The van der Waals surface area contributed by atoms with Crippen LogP contribution in [0.2, 0.25) is 0 Å². The fourth-order valence-electron chi connectivity index (χ4n) is 5.17. The number of aromatic hydroxyl groups is 6. The molecular formula is C25H28O14. The molecule has 212 valence electrons. The number of carbonyl (C=O) groups is 2. The number of phenols is 6. The lowest BCUT2D eigenvalue weighted by Crippen LogP contribution is -2.78. The highest BCUT2D eigenvalue weighted by Gasteiger charge is 2.71. The Bertz CT molecular complexity index is 1280. The van der Waals surface area contributed by atoms with Gasteiger partial charge in [0.2, 0.25) is 22.9 Å². The minimum atomic E-state index is -3.83. The number of hydrogen-bond acceptors (Lipinski definition) is 14. The molecular weight excluding hydrogens is 524 g/mol. The van der Waals surface area contributed by atoms with Crippen LogP contribution in [0, 0.1) is 0 Å². The third kappa shape index (κ3) is 4.04. The van der Waals surface area contributed by atoms with Crippen molar-refractivity contribution in [3.05, 3.63) is 34.4 Å². The fraction of sp³-hybridized carbons (Fsp3) is 0.440. The average molecular weight is 552 g/mol. The molecule has 0 aromatic heterocycles. The topological polar surface area (TPSA) is 266 Å². The number of aliphatic hydroxyl groups is 5. The first kappa shape index (κ1) is 28.4. The van der Waals surface area contributed by atoms with Gasteiger partial charge in [0.15, 0.2) is 28.7 Å². The van der Waals surface area contributed by atoms with Crippen molar-refractivity contribution in [2.24, 2.45) is 0 Å². The highest BCUT2D eigenvalue weighted by atomic mass is 16.7. The maximum absolute atomic E-state index is 14.1. The highest BCUT2D eigenvalue weighted by molar-refractivity contribution is 6.14. The smallest absolute Gasteiger partial charge is 0.272 e. The van der Waals surface area contributed by atoms with E-state index in [0.29, 0.717) is 31.4 Å². The summed E-state index contributed by atoms with van der Waals surface area (Å²) in [5.41, 5.74) is -5.84. The second-order valence-corrected chi connectivity index (χ2v) is 9.64. The molecule has 4 rings (SSSR count). The van der Waals surface area contributed by atoms with E-state index >= 15 is 0 Å². The third-order valence-corrected chi connectivity index (χ3v) is 7.34. The molecule has 2 aromatic rings. The Hall–Kier alpha value is -3.66. The van der Waals surface area contributed by atoms with Gasteiger partial charge in [-0.3, -0.25) is 9.59 Å². The number of benzene rings is 2. The summed E-state index contributed by atoms with van der Waals surface area (Å²) in [7, 11) is 0. The summed E-state index contributed by atoms with van der Waals surface area (Å²) in [4.78, 5) is 27.7. The normalized spacial score (nSPS) is 28.9. The first-order chi connectivity index (χ1) is 18.2. The summed E-state index contributed by atoms with van der Waals surface area (Å²) in [5.74, 6) is -13.2. The first-order valence-corrected chi connectivity index (χ1v) is 11.9. The molecule has 1 saturated heterocycles. The van der Waals surface area contributed by atoms with E-state index in [1.54, 1.807) is 0 Å². The van der Waals surface area contributed by atoms with Gasteiger partial charge in [0.05, 0.1) is 6.61 Å². The Morgan fingerprint density at radius 1 is 0.795 bits per heavy atom. The molecule has 1 fully saturated rings. The fourth-order valence-corrected chi connectivity index (χ4v) is 5.17. The van der Waals surface area contributed by atoms with Gasteiger partial charge in [0, 0.05) is 22.3 Å². The van der Waals surface area contributed by atoms with Crippen molar-refractivity contribution in [2.75, 3.05) is 6.61 Å². The third-order valence-electron chi connectivity index (χ3n) is 7.34. The van der Waals surface area contributed by atoms with Gasteiger partial charge in [-0.15, -0.1) is 0 Å². The molecule has 2 bridgehead atoms. The van der Waals surface area contributed by atoms with Crippen molar-refractivity contribution in [1.29, 1.82) is 0 Å². The van der Waals surface area contributed by atoms with Crippen LogP contribution in [-0.2, 0) is 17.6 Å². The lowest BCUT2D eigenvalue weighted by atomic mass is 9.70. The number of ether oxygens (including phenoxy) is 1. The summed E-state index contributed by atoms with van der Waals surface area (Å²) in [6.07, 6.45) is -5.76. The van der Waals surface area contributed by atoms with E-state index in [4.69, 9.17) is 4.74 Å². The lowest BCUT2D eigenvalue weighted by Gasteiger charge is -2.51. The molecule has 11 N–H and O–H groups in total. The molecule has 0 amide bonds. The SMILES string of the molecule is O=C(c1cc(O)c(O)c(O)c1)C1(O)O[C@H](CO)[C@@H](O)[C@H](O)[C@@]1(O)C(=O)c1c2c(O)c(O)c(O)c1CCCCC2. The quantitative estimate of drug-likeness (QED) is 0.153. The van der Waals surface area contributed by atoms with Gasteiger partial charge in [-0.05, 0) is 37.8 Å². The molecule has 0 radical (unpaired) electrons. The van der Waals surface area contributed by atoms with Crippen molar-refractivity contribution >= 4 is 11.6 Å². The zero-order chi connectivity index (χ0) is 29.0. The molecule has 2 aromatic carbocycles. The van der Waals surface area contributed by atoms with Gasteiger partial charge in [-0.25, -0.2) is 0 Å². The maximum Gasteiger partial charge on any atom is 0.272 e. The number of aliphatic hydroxyl groups excluding tert-OH is 3. The number of hydrogen-bond donors (Lipinski definition) is 11. The number of phenolic OH excluding ortho intramolecular Hbond substituents is 6. The standard InChI is InChI=1S/C25H28O14/c26-8-14-19(32)23(36)24(37,25(38,39-14)21(34)9-6-12(27)18(31)13(28)7-9)22(35)15-10-4-2-1-3-5-11(15)17(30)20(33)16(10)29/h6-7,14,19,23,26-33,36-38H,1-5,8H2/t14-,19-,23+,24+,25?/m1/s1. The van der Waals surface area contributed by atoms with Crippen LogP contribution in [0.15, 0.2) is 12.1 Å². The largest absolute Gasteiger partial charge is 0.504 e. The van der Waals surface area contributed by atoms with Crippen LogP contribution in [0.5, 0.6) is 34.5 Å². The van der Waals surface area contributed by atoms with Gasteiger partial charge in [0.1, 0.15) is 18.3 Å². The molecule has 14 heteroatoms. The second-order valence-electron chi connectivity index (χ2n) is 9.64. The van der Waals surface area contributed by atoms with Crippen LogP contribution >= 0.6 is 0 Å². The van der Waals surface area contributed by atoms with E-state index < -0.39 is 93.5 Å². The van der Waals surface area contributed by atoms with Crippen molar-refractivity contribution in [3.8, 4) is 34.5 Å². The number of Topliss-reactive ketones (excluding diaryl/α,β-unsaturated/α-hetero) is 2. The van der Waals surface area contributed by atoms with E-state index in [1.165, 1.54) is 0 Å². The van der Waals surface area contributed by atoms with Crippen LogP contribution in [0.3, 0.4) is 0 Å². The predicted molar refractivity (Wildman–Crippen MR) is 127 cm³/mol. The van der Waals surface area contributed by atoms with E-state index in [1.807, 2.05) is 0 Å². The number of rotatable bonds is 5. The average Bonchev–Trinajstić information content (AvgIpc) is 2.89. The number of fused-ring (bicyclic) bond motifs is 2. The number of ketones is 2. The zero-order valence-electron chi connectivity index (χ0n) is 20.3. The maximum atomic E-state index is 14.1. The Morgan fingerprint density at radius 2 is 1.31 bits per heavy atom. The molecule has 1 aliphatic heterocycles. The van der Waals surface area contributed by atoms with E-state index in [-0.39, 0.29) is 24.0 Å². The summed E-state index contributed by atoms with van der Waals surface area (Å²) >= 11 is 0. The van der Waals surface area contributed by atoms with Gasteiger partial charge >= 0.3 is 0 Å². The van der Waals surface area contributed by atoms with Gasteiger partial charge < -0.3 is 60.9 Å². The Balaban J connectivity index is 1.99. The highest BCUT2D eigenvalue weighted by Crippen LogP contribution is 2.49. The monoisotopic (exact) mass is 552 g/mol. The Labute approximate surface area is 219 Å². The lowest BCUT2D eigenvalue weighted by molar-refractivity contribution is -0.345. The van der Waals surface area contributed by atoms with E-state index in [9.17, 15) is 65.8 Å². The van der Waals surface area contributed by atoms with Crippen LogP contribution in [0.1, 0.15) is 51.1 Å². The zero-order valence-corrected chi connectivity index (χ0v) is 20.3. The molecule has 5 atom stereocenters. The van der Waals surface area contributed by atoms with Gasteiger partial charge in [-0.1, -0.05) is 6.42 Å². The molecule has 1 aliphatic carbocycles. The molecule has 14 nitrogen and oxygen atoms in total. The Morgan fingerprint density at radius 3 is 1.79 bits per heavy atom. The molecule has 1 unspecified atom stereocenters. The summed E-state index contributed by atoms with van der Waals surface area (Å²) in [5, 5.41) is 115. The summed E-state index contributed by atoms with van der Waals surface area (Å²) < 4.78 is 5.14. The summed E-state index contributed by atoms with van der Waals surface area (Å²) in [6.45, 7) is -1.12. The van der Waals surface area contributed by atoms with Crippen LogP contribution in [0.4, 0.5) is 0 Å². The van der Waals surface area contributed by atoms with E-state index in [2.05, 4.69) is 0 Å². The number of carbonyl (C=O) groups excluding carboxylic acids is 2. The molecule has 0 saturated carbocycles. The second kappa shape index (κ2) is 9.82. The molecule has 0 spiro atoms. The minimum Gasteiger partial charge on any atom is -0.504 e. The van der Waals surface area contributed by atoms with Crippen molar-refractivity contribution < 1.29 is 70.5 Å². The van der Waals surface area contributed by atoms with Crippen molar-refractivity contribution in [1.82, 2.24) is 0 Å². The summed E-state index contributed by atoms with van der Waals surface area (Å²) in [6, 6.07) is 1.09. The van der Waals surface area contributed by atoms with Crippen molar-refractivity contribution in [3.63, 3.8) is 0 Å². The van der Waals surface area contributed by atoms with Crippen molar-refractivity contribution in [2.45, 2.75) is 61.8 Å². The molecule has 1 heterocycles. The van der Waals surface area contributed by atoms with Gasteiger partial charge in [0.25, 0.3) is 5.79 Å². The van der Waals surface area contributed by atoms with Crippen LogP contribution < -0.4 is 0 Å². The molecule has 39 heavy (non-hydrogen) atoms. The predicted octanol–water partition coefficient (Wildman–Crippen LogP) is -1.21. The van der Waals surface area contributed by atoms with E-state index in [0.717, 1.165) is 0 Å². The molecule has 2 aliphatic rings. The van der Waals surface area contributed by atoms with Crippen LogP contribution in [-0.4, -0.2) is 104 Å². The van der Waals surface area contributed by atoms with Crippen LogP contribution in [0.25, 0.3) is 0 Å².